The van der Waals surface area contributed by atoms with Crippen molar-refractivity contribution >= 4 is 33.3 Å². The van der Waals surface area contributed by atoms with Gasteiger partial charge in [-0.1, -0.05) is 43.2 Å². The number of aromatic nitrogens is 2. The summed E-state index contributed by atoms with van der Waals surface area (Å²) in [6, 6.07) is 10.5. The maximum absolute atomic E-state index is 13.7. The van der Waals surface area contributed by atoms with Crippen molar-refractivity contribution in [1.82, 2.24) is 10.2 Å². The Morgan fingerprint density at radius 1 is 1.09 bits per heavy atom. The van der Waals surface area contributed by atoms with Crippen molar-refractivity contribution in [3.63, 3.8) is 0 Å². The van der Waals surface area contributed by atoms with E-state index in [1.54, 1.807) is 5.51 Å². The minimum absolute atomic E-state index is 0.0563. The lowest BCUT2D eigenvalue weighted by atomic mass is 9.97. The van der Waals surface area contributed by atoms with Crippen molar-refractivity contribution in [3.05, 3.63) is 80.1 Å². The van der Waals surface area contributed by atoms with Crippen LogP contribution in [-0.4, -0.2) is 22.7 Å². The molecule has 1 amide bonds. The first kappa shape index (κ1) is 22.3. The summed E-state index contributed by atoms with van der Waals surface area (Å²) in [5, 5.41) is 8.90. The zero-order valence-electron chi connectivity index (χ0n) is 19.3. The lowest BCUT2D eigenvalue weighted by Crippen LogP contribution is -2.29. The molecule has 0 saturated carbocycles. The molecule has 0 aliphatic carbocycles. The van der Waals surface area contributed by atoms with Crippen LogP contribution >= 0.6 is 11.3 Å². The Morgan fingerprint density at radius 2 is 1.85 bits per heavy atom. The van der Waals surface area contributed by atoms with Crippen molar-refractivity contribution < 1.29 is 13.9 Å². The highest BCUT2D eigenvalue weighted by molar-refractivity contribution is 7.13. The van der Waals surface area contributed by atoms with E-state index in [0.717, 1.165) is 41.7 Å². The molecule has 1 unspecified atom stereocenters. The molecule has 1 atom stereocenters. The Balaban J connectivity index is 1.62. The van der Waals surface area contributed by atoms with E-state index in [-0.39, 0.29) is 11.2 Å². The Kier molecular flexibility index (Phi) is 5.91. The number of benzene rings is 2. The molecule has 2 aromatic heterocycles. The van der Waals surface area contributed by atoms with Crippen LogP contribution in [-0.2, 0) is 0 Å². The lowest BCUT2D eigenvalue weighted by Gasteiger charge is -2.22. The number of anilines is 1. The highest BCUT2D eigenvalue weighted by atomic mass is 32.1. The Labute approximate surface area is 201 Å². The predicted octanol–water partition coefficient (Wildman–Crippen LogP) is 5.58. The average Bonchev–Trinajstić information content (AvgIpc) is 3.45. The number of carbonyl (C=O) groups excluding carboxylic acids is 1. The number of aryl methyl sites for hydroxylation is 2. The maximum atomic E-state index is 13.7. The largest absolute Gasteiger partial charge is 0.494 e. The molecule has 1 aliphatic heterocycles. The third kappa shape index (κ3) is 3.77. The maximum Gasteiger partial charge on any atom is 0.297 e. The minimum atomic E-state index is -0.660. The molecule has 2 aromatic carbocycles. The predicted molar refractivity (Wildman–Crippen MR) is 132 cm³/mol. The number of unbranched alkanes of at least 4 members (excludes halogenated alkanes) is 2. The smallest absolute Gasteiger partial charge is 0.297 e. The van der Waals surface area contributed by atoms with Gasteiger partial charge >= 0.3 is 0 Å². The number of fused-ring (bicyclic) bond motifs is 2. The van der Waals surface area contributed by atoms with Crippen LogP contribution in [0.2, 0.25) is 0 Å². The average molecular weight is 476 g/mol. The van der Waals surface area contributed by atoms with Crippen molar-refractivity contribution in [2.45, 2.75) is 46.1 Å². The summed E-state index contributed by atoms with van der Waals surface area (Å²) in [6.07, 6.45) is 3.26. The highest BCUT2D eigenvalue weighted by Gasteiger charge is 2.45. The normalized spacial score (nSPS) is 15.2. The van der Waals surface area contributed by atoms with Crippen LogP contribution in [0.15, 0.2) is 51.1 Å². The zero-order chi connectivity index (χ0) is 23.8. The third-order valence-electron chi connectivity index (χ3n) is 6.25. The molecule has 1 aliphatic rings. The van der Waals surface area contributed by atoms with E-state index in [4.69, 9.17) is 9.15 Å². The van der Waals surface area contributed by atoms with E-state index in [0.29, 0.717) is 28.3 Å². The van der Waals surface area contributed by atoms with Crippen LogP contribution in [0.5, 0.6) is 5.75 Å². The van der Waals surface area contributed by atoms with Gasteiger partial charge in [-0.25, -0.2) is 0 Å². The first-order valence-electron chi connectivity index (χ1n) is 11.4. The summed E-state index contributed by atoms with van der Waals surface area (Å²) >= 11 is 1.24. The molecule has 0 N–H and O–H groups in total. The summed E-state index contributed by atoms with van der Waals surface area (Å²) in [5.74, 6) is 0.415. The van der Waals surface area contributed by atoms with Gasteiger partial charge in [0.25, 0.3) is 5.91 Å². The fourth-order valence-corrected chi connectivity index (χ4v) is 4.89. The zero-order valence-corrected chi connectivity index (χ0v) is 20.1. The van der Waals surface area contributed by atoms with E-state index >= 15 is 0 Å². The van der Waals surface area contributed by atoms with Crippen LogP contribution < -0.4 is 15.1 Å². The van der Waals surface area contributed by atoms with Gasteiger partial charge in [-0.2, -0.15) is 0 Å². The molecule has 8 heteroatoms. The number of hydrogen-bond donors (Lipinski definition) is 0. The van der Waals surface area contributed by atoms with E-state index in [1.807, 2.05) is 50.2 Å². The number of rotatable bonds is 7. The number of ether oxygens (including phenoxy) is 1. The van der Waals surface area contributed by atoms with Gasteiger partial charge in [-0.15, -0.1) is 10.2 Å². The fourth-order valence-electron chi connectivity index (χ4n) is 4.30. The van der Waals surface area contributed by atoms with E-state index < -0.39 is 11.9 Å². The molecule has 7 nitrogen and oxygen atoms in total. The summed E-state index contributed by atoms with van der Waals surface area (Å²) in [5.41, 5.74) is 4.86. The van der Waals surface area contributed by atoms with Crippen LogP contribution in [0.25, 0.3) is 11.0 Å². The first-order valence-corrected chi connectivity index (χ1v) is 12.3. The van der Waals surface area contributed by atoms with Gasteiger partial charge in [0.05, 0.1) is 23.6 Å². The molecule has 34 heavy (non-hydrogen) atoms. The molecule has 3 heterocycles. The summed E-state index contributed by atoms with van der Waals surface area (Å²) in [7, 11) is 0. The topological polar surface area (TPSA) is 85.5 Å². The molecule has 0 bridgehead atoms. The Hall–Kier alpha value is -3.52. The van der Waals surface area contributed by atoms with Crippen LogP contribution in [0.1, 0.15) is 65.0 Å². The van der Waals surface area contributed by atoms with Gasteiger partial charge in [0.2, 0.25) is 10.9 Å². The van der Waals surface area contributed by atoms with E-state index in [1.165, 1.54) is 16.2 Å². The summed E-state index contributed by atoms with van der Waals surface area (Å²) in [6.45, 7) is 6.72. The second-order valence-corrected chi connectivity index (χ2v) is 9.34. The van der Waals surface area contributed by atoms with Crippen LogP contribution in [0.4, 0.5) is 5.13 Å². The van der Waals surface area contributed by atoms with Gasteiger partial charge in [-0.05, 0) is 61.2 Å². The first-order chi connectivity index (χ1) is 16.5. The number of carbonyl (C=O) groups is 1. The standard InChI is InChI=1S/C26H25N3O4S/c1-4-5-6-11-32-18-9-7-17(8-10-18)22-21-23(30)19-12-15(2)16(3)13-20(19)33-24(21)25(31)29(22)26-28-27-14-34-26/h7-10,12-14,22H,4-6,11H2,1-3H3. The molecule has 5 rings (SSSR count). The van der Waals surface area contributed by atoms with Crippen molar-refractivity contribution in [1.29, 1.82) is 0 Å². The summed E-state index contributed by atoms with van der Waals surface area (Å²) in [4.78, 5) is 28.7. The molecular formula is C26H25N3O4S. The number of nitrogens with zero attached hydrogens (tertiary/aromatic N) is 3. The van der Waals surface area contributed by atoms with Gasteiger partial charge < -0.3 is 9.15 Å². The number of hydrogen-bond acceptors (Lipinski definition) is 7. The Bertz CT molecular complexity index is 1410. The minimum Gasteiger partial charge on any atom is -0.494 e. The van der Waals surface area contributed by atoms with E-state index in [9.17, 15) is 9.59 Å². The van der Waals surface area contributed by atoms with Crippen molar-refractivity contribution in [2.75, 3.05) is 11.5 Å². The highest BCUT2D eigenvalue weighted by Crippen LogP contribution is 2.42. The van der Waals surface area contributed by atoms with Gasteiger partial charge in [-0.3, -0.25) is 14.5 Å². The van der Waals surface area contributed by atoms with E-state index in [2.05, 4.69) is 17.1 Å². The van der Waals surface area contributed by atoms with Gasteiger partial charge in [0, 0.05) is 0 Å². The molecule has 0 radical (unpaired) electrons. The van der Waals surface area contributed by atoms with Gasteiger partial charge in [0.15, 0.2) is 5.43 Å². The summed E-state index contributed by atoms with van der Waals surface area (Å²) < 4.78 is 11.9. The molecular weight excluding hydrogens is 450 g/mol. The lowest BCUT2D eigenvalue weighted by molar-refractivity contribution is 0.0970. The van der Waals surface area contributed by atoms with Gasteiger partial charge in [0.1, 0.15) is 16.8 Å². The molecule has 0 fully saturated rings. The van der Waals surface area contributed by atoms with Crippen LogP contribution in [0, 0.1) is 13.8 Å². The molecule has 0 saturated heterocycles. The second-order valence-electron chi connectivity index (χ2n) is 8.53. The third-order valence-corrected chi connectivity index (χ3v) is 6.94. The number of amides is 1. The monoisotopic (exact) mass is 475 g/mol. The van der Waals surface area contributed by atoms with Crippen LogP contribution in [0.3, 0.4) is 0 Å². The molecule has 4 aromatic rings. The van der Waals surface area contributed by atoms with Crippen molar-refractivity contribution in [3.8, 4) is 5.75 Å². The van der Waals surface area contributed by atoms with Crippen molar-refractivity contribution in [2.24, 2.45) is 0 Å². The second kappa shape index (κ2) is 9.02. The quantitative estimate of drug-likeness (QED) is 0.324. The molecule has 174 valence electrons. The Morgan fingerprint density at radius 3 is 2.56 bits per heavy atom. The SMILES string of the molecule is CCCCCOc1ccc(C2c3c(oc4cc(C)c(C)cc4c3=O)C(=O)N2c2nncs2)cc1. The molecule has 0 spiro atoms. The fraction of sp³-hybridized carbons (Fsp3) is 0.308.